The van der Waals surface area contributed by atoms with E-state index in [4.69, 9.17) is 4.74 Å². The minimum atomic E-state index is 0.270. The number of nitrogens with zero attached hydrogens (tertiary/aromatic N) is 5. The number of aryl methyl sites for hydroxylation is 2. The average Bonchev–Trinajstić information content (AvgIpc) is 2.67. The first-order chi connectivity index (χ1) is 7.69. The maximum absolute atomic E-state index is 5.44. The van der Waals surface area contributed by atoms with Crippen LogP contribution in [0.3, 0.4) is 0 Å². The molecule has 0 atom stereocenters. The average molecular weight is 220 g/mol. The van der Waals surface area contributed by atoms with Gasteiger partial charge in [0.25, 0.3) is 0 Å². The molecule has 0 amide bonds. The van der Waals surface area contributed by atoms with Gasteiger partial charge in [-0.15, -0.1) is 5.10 Å². The number of anilines is 1. The zero-order valence-electron chi connectivity index (χ0n) is 9.30. The van der Waals surface area contributed by atoms with Crippen LogP contribution in [0.2, 0.25) is 0 Å². The predicted molar refractivity (Wildman–Crippen MR) is 57.4 cm³/mol. The maximum Gasteiger partial charge on any atom is 0.342 e. The summed E-state index contributed by atoms with van der Waals surface area (Å²) >= 11 is 0. The zero-order valence-corrected chi connectivity index (χ0v) is 9.30. The predicted octanol–water partition coefficient (Wildman–Crippen LogP) is 0.748. The van der Waals surface area contributed by atoms with E-state index < -0.39 is 0 Å². The van der Waals surface area contributed by atoms with E-state index in [2.05, 4.69) is 25.4 Å². The van der Waals surface area contributed by atoms with E-state index >= 15 is 0 Å². The van der Waals surface area contributed by atoms with Crippen LogP contribution in [0.1, 0.15) is 5.56 Å². The van der Waals surface area contributed by atoms with Crippen molar-refractivity contribution in [2.45, 2.75) is 6.92 Å². The summed E-state index contributed by atoms with van der Waals surface area (Å²) in [5.41, 5.74) is 0.825. The van der Waals surface area contributed by atoms with E-state index in [1.165, 1.54) is 0 Å². The van der Waals surface area contributed by atoms with Gasteiger partial charge in [0.2, 0.25) is 11.8 Å². The van der Waals surface area contributed by atoms with Crippen LogP contribution < -0.4 is 10.1 Å². The van der Waals surface area contributed by atoms with Gasteiger partial charge >= 0.3 is 6.01 Å². The van der Waals surface area contributed by atoms with Crippen LogP contribution >= 0.6 is 0 Å². The SMILES string of the molecule is CNc1ncc(C)c(Oc2ncn(C)n2)n1. The van der Waals surface area contributed by atoms with Crippen LogP contribution in [0.25, 0.3) is 0 Å². The monoisotopic (exact) mass is 220 g/mol. The van der Waals surface area contributed by atoms with Crippen LogP contribution in [0.15, 0.2) is 12.5 Å². The lowest BCUT2D eigenvalue weighted by Crippen LogP contribution is -2.00. The van der Waals surface area contributed by atoms with Crippen LogP contribution in [0.5, 0.6) is 11.9 Å². The molecule has 0 aromatic carbocycles. The van der Waals surface area contributed by atoms with Gasteiger partial charge in [-0.25, -0.2) is 4.98 Å². The summed E-state index contributed by atoms with van der Waals surface area (Å²) in [4.78, 5) is 12.2. The van der Waals surface area contributed by atoms with Crippen LogP contribution in [0.4, 0.5) is 5.95 Å². The zero-order chi connectivity index (χ0) is 11.5. The lowest BCUT2D eigenvalue weighted by molar-refractivity contribution is 0.419. The minimum absolute atomic E-state index is 0.270. The van der Waals surface area contributed by atoms with Crippen molar-refractivity contribution < 1.29 is 4.74 Å². The molecule has 0 fully saturated rings. The molecule has 0 radical (unpaired) electrons. The van der Waals surface area contributed by atoms with Gasteiger partial charge in [-0.05, 0) is 6.92 Å². The Morgan fingerprint density at radius 2 is 2.19 bits per heavy atom. The summed E-state index contributed by atoms with van der Waals surface area (Å²) in [6, 6.07) is 0.270. The number of aromatic nitrogens is 5. The van der Waals surface area contributed by atoms with Crippen LogP contribution in [-0.4, -0.2) is 31.8 Å². The van der Waals surface area contributed by atoms with Crippen molar-refractivity contribution in [2.24, 2.45) is 7.05 Å². The van der Waals surface area contributed by atoms with E-state index in [1.807, 2.05) is 6.92 Å². The fourth-order valence-corrected chi connectivity index (χ4v) is 1.10. The molecule has 2 aromatic heterocycles. The molecule has 0 saturated heterocycles. The summed E-state index contributed by atoms with van der Waals surface area (Å²) in [5.74, 6) is 0.946. The Morgan fingerprint density at radius 3 is 2.81 bits per heavy atom. The molecular formula is C9H12N6O. The summed E-state index contributed by atoms with van der Waals surface area (Å²) in [6.45, 7) is 1.86. The standard InChI is InChI=1S/C9H12N6O/c1-6-4-11-8(10-2)13-7(6)16-9-12-5-15(3)14-9/h4-5H,1-3H3,(H,10,11,13). The van der Waals surface area contributed by atoms with Crippen molar-refractivity contribution in [2.75, 3.05) is 12.4 Å². The minimum Gasteiger partial charge on any atom is -0.404 e. The third-order valence-electron chi connectivity index (χ3n) is 1.92. The summed E-state index contributed by atoms with van der Waals surface area (Å²) in [7, 11) is 3.51. The van der Waals surface area contributed by atoms with E-state index in [0.717, 1.165) is 5.56 Å². The fraction of sp³-hybridized carbons (Fsp3) is 0.333. The first-order valence-electron chi connectivity index (χ1n) is 4.74. The molecule has 2 aromatic rings. The van der Waals surface area contributed by atoms with E-state index in [0.29, 0.717) is 11.8 Å². The Balaban J connectivity index is 2.26. The Hall–Kier alpha value is -2.18. The van der Waals surface area contributed by atoms with Gasteiger partial charge < -0.3 is 10.1 Å². The highest BCUT2D eigenvalue weighted by Gasteiger charge is 2.08. The Kier molecular flexibility index (Phi) is 2.67. The van der Waals surface area contributed by atoms with Gasteiger partial charge in [0, 0.05) is 25.9 Å². The topological polar surface area (TPSA) is 77.8 Å². The molecule has 2 heterocycles. The molecule has 7 heteroatoms. The lowest BCUT2D eigenvalue weighted by atomic mass is 10.4. The quantitative estimate of drug-likeness (QED) is 0.822. The third kappa shape index (κ3) is 2.08. The number of rotatable bonds is 3. The smallest absolute Gasteiger partial charge is 0.342 e. The number of ether oxygens (including phenoxy) is 1. The molecule has 0 aliphatic rings. The van der Waals surface area contributed by atoms with Gasteiger partial charge in [-0.2, -0.15) is 9.97 Å². The van der Waals surface area contributed by atoms with Crippen molar-refractivity contribution >= 4 is 5.95 Å². The number of nitrogens with one attached hydrogen (secondary N) is 1. The summed E-state index contributed by atoms with van der Waals surface area (Å²) < 4.78 is 7.00. The molecule has 16 heavy (non-hydrogen) atoms. The highest BCUT2D eigenvalue weighted by Crippen LogP contribution is 2.19. The summed E-state index contributed by atoms with van der Waals surface area (Å²) in [6.07, 6.45) is 3.24. The molecule has 0 unspecified atom stereocenters. The van der Waals surface area contributed by atoms with Gasteiger partial charge in [-0.3, -0.25) is 4.68 Å². The molecule has 0 aliphatic carbocycles. The fourth-order valence-electron chi connectivity index (χ4n) is 1.10. The van der Waals surface area contributed by atoms with Crippen LogP contribution in [-0.2, 0) is 7.05 Å². The van der Waals surface area contributed by atoms with Crippen molar-refractivity contribution in [1.29, 1.82) is 0 Å². The van der Waals surface area contributed by atoms with Gasteiger partial charge in [0.05, 0.1) is 0 Å². The van der Waals surface area contributed by atoms with Crippen LogP contribution in [0, 0.1) is 6.92 Å². The van der Waals surface area contributed by atoms with E-state index in [1.54, 1.807) is 31.3 Å². The molecule has 0 bridgehead atoms. The first kappa shape index (κ1) is 10.3. The normalized spacial score (nSPS) is 10.2. The molecule has 84 valence electrons. The van der Waals surface area contributed by atoms with E-state index in [-0.39, 0.29) is 6.01 Å². The van der Waals surface area contributed by atoms with Gasteiger partial charge in [0.1, 0.15) is 6.33 Å². The Labute approximate surface area is 92.5 Å². The van der Waals surface area contributed by atoms with Crippen molar-refractivity contribution in [3.05, 3.63) is 18.1 Å². The van der Waals surface area contributed by atoms with E-state index in [9.17, 15) is 0 Å². The van der Waals surface area contributed by atoms with Gasteiger partial charge in [0.15, 0.2) is 0 Å². The lowest BCUT2D eigenvalue weighted by Gasteiger charge is -2.05. The Bertz CT molecular complexity index is 494. The highest BCUT2D eigenvalue weighted by atomic mass is 16.5. The highest BCUT2D eigenvalue weighted by molar-refractivity contribution is 5.32. The number of hydrogen-bond donors (Lipinski definition) is 1. The molecule has 7 nitrogen and oxygen atoms in total. The third-order valence-corrected chi connectivity index (χ3v) is 1.92. The second-order valence-electron chi connectivity index (χ2n) is 3.23. The number of hydrogen-bond acceptors (Lipinski definition) is 6. The molecule has 0 saturated carbocycles. The van der Waals surface area contributed by atoms with Crippen molar-refractivity contribution in [3.63, 3.8) is 0 Å². The Morgan fingerprint density at radius 1 is 1.38 bits per heavy atom. The van der Waals surface area contributed by atoms with Gasteiger partial charge in [-0.1, -0.05) is 0 Å². The maximum atomic E-state index is 5.44. The molecule has 2 rings (SSSR count). The van der Waals surface area contributed by atoms with Crippen molar-refractivity contribution in [3.8, 4) is 11.9 Å². The first-order valence-corrected chi connectivity index (χ1v) is 4.74. The largest absolute Gasteiger partial charge is 0.404 e. The summed E-state index contributed by atoms with van der Waals surface area (Å²) in [5, 5.41) is 6.84. The second kappa shape index (κ2) is 4.13. The molecular weight excluding hydrogens is 208 g/mol. The molecule has 1 N–H and O–H groups in total. The van der Waals surface area contributed by atoms with Crippen molar-refractivity contribution in [1.82, 2.24) is 24.7 Å². The molecule has 0 spiro atoms. The molecule has 0 aliphatic heterocycles. The second-order valence-corrected chi connectivity index (χ2v) is 3.23.